The summed E-state index contributed by atoms with van der Waals surface area (Å²) in [5, 5.41) is 0. The lowest BCUT2D eigenvalue weighted by Crippen LogP contribution is -2.56. The normalized spacial score (nSPS) is 23.1. The molecule has 1 heterocycles. The van der Waals surface area contributed by atoms with E-state index in [9.17, 15) is 4.79 Å². The minimum absolute atomic E-state index is 0.0735. The van der Waals surface area contributed by atoms with Crippen molar-refractivity contribution in [3.63, 3.8) is 0 Å². The number of piperidine rings is 1. The molecule has 0 spiro atoms. The molecule has 1 amide bonds. The number of aryl methyl sites for hydroxylation is 2. The van der Waals surface area contributed by atoms with Gasteiger partial charge in [0.25, 0.3) is 0 Å². The lowest BCUT2D eigenvalue weighted by atomic mass is 9.63. The van der Waals surface area contributed by atoms with Crippen molar-refractivity contribution in [3.05, 3.63) is 83.4 Å². The third-order valence-corrected chi connectivity index (χ3v) is 7.47. The van der Waals surface area contributed by atoms with Crippen LogP contribution in [0.3, 0.4) is 0 Å². The van der Waals surface area contributed by atoms with Crippen molar-refractivity contribution >= 4 is 5.91 Å². The number of rotatable bonds is 2. The zero-order valence-corrected chi connectivity index (χ0v) is 18.1. The molecule has 2 atom stereocenters. The molecule has 0 aromatic heterocycles. The van der Waals surface area contributed by atoms with Crippen LogP contribution in [0.25, 0.3) is 22.3 Å². The summed E-state index contributed by atoms with van der Waals surface area (Å²) in [7, 11) is 1.99. The molecular weight excluding hydrogens is 366 g/mol. The smallest absolute Gasteiger partial charge is 0.222 e. The van der Waals surface area contributed by atoms with Crippen molar-refractivity contribution in [2.75, 3.05) is 7.05 Å². The molecule has 0 bridgehead atoms. The van der Waals surface area contributed by atoms with Crippen LogP contribution in [0.1, 0.15) is 42.9 Å². The fourth-order valence-corrected chi connectivity index (χ4v) is 5.57. The van der Waals surface area contributed by atoms with Gasteiger partial charge < -0.3 is 4.90 Å². The summed E-state index contributed by atoms with van der Waals surface area (Å²) in [6.07, 6.45) is 3.72. The number of likely N-dealkylation sites (N-methyl/N-ethyl adjacent to an activating group) is 1. The van der Waals surface area contributed by atoms with Gasteiger partial charge in [-0.15, -0.1) is 0 Å². The highest BCUT2D eigenvalue weighted by molar-refractivity contribution is 5.78. The number of hydrogen-bond donors (Lipinski definition) is 0. The third-order valence-electron chi connectivity index (χ3n) is 7.47. The first-order chi connectivity index (χ1) is 14.5. The molecular formula is C28H29NO. The molecule has 0 saturated carbocycles. The molecule has 0 radical (unpaired) electrons. The van der Waals surface area contributed by atoms with Crippen molar-refractivity contribution < 1.29 is 4.79 Å². The van der Waals surface area contributed by atoms with Crippen LogP contribution >= 0.6 is 0 Å². The van der Waals surface area contributed by atoms with Crippen LogP contribution in [0.2, 0.25) is 0 Å². The molecule has 1 aliphatic heterocycles. The molecule has 1 aliphatic carbocycles. The van der Waals surface area contributed by atoms with E-state index in [4.69, 9.17) is 0 Å². The van der Waals surface area contributed by atoms with Gasteiger partial charge in [-0.2, -0.15) is 0 Å². The van der Waals surface area contributed by atoms with Crippen molar-refractivity contribution in [2.24, 2.45) is 0 Å². The van der Waals surface area contributed by atoms with Crippen molar-refractivity contribution in [1.82, 2.24) is 4.90 Å². The van der Waals surface area contributed by atoms with Gasteiger partial charge in [-0.1, -0.05) is 79.2 Å². The van der Waals surface area contributed by atoms with E-state index in [1.807, 2.05) is 11.9 Å². The minimum atomic E-state index is 0.0735. The van der Waals surface area contributed by atoms with E-state index in [1.165, 1.54) is 38.9 Å². The molecule has 1 unspecified atom stereocenters. The molecule has 2 nitrogen and oxygen atoms in total. The molecule has 2 heteroatoms. The van der Waals surface area contributed by atoms with E-state index >= 15 is 0 Å². The highest BCUT2D eigenvalue weighted by Crippen LogP contribution is 2.46. The van der Waals surface area contributed by atoms with Crippen molar-refractivity contribution in [3.8, 4) is 22.3 Å². The van der Waals surface area contributed by atoms with Gasteiger partial charge >= 0.3 is 0 Å². The highest BCUT2D eigenvalue weighted by atomic mass is 16.2. The minimum Gasteiger partial charge on any atom is -0.342 e. The Morgan fingerprint density at radius 2 is 1.40 bits per heavy atom. The Labute approximate surface area is 179 Å². The number of carbonyl (C=O) groups excluding carboxylic acids is 1. The first kappa shape index (κ1) is 19.1. The maximum absolute atomic E-state index is 12.2. The number of amides is 1. The monoisotopic (exact) mass is 395 g/mol. The molecule has 2 aliphatic rings. The largest absolute Gasteiger partial charge is 0.342 e. The Bertz CT molecular complexity index is 1100. The van der Waals surface area contributed by atoms with Crippen LogP contribution in [0.15, 0.2) is 66.7 Å². The second kappa shape index (κ2) is 7.12. The Balaban J connectivity index is 1.45. The molecule has 5 rings (SSSR count). The Kier molecular flexibility index (Phi) is 4.54. The summed E-state index contributed by atoms with van der Waals surface area (Å²) >= 11 is 0. The second-order valence-corrected chi connectivity index (χ2v) is 9.29. The van der Waals surface area contributed by atoms with Crippen LogP contribution in [0, 0.1) is 6.92 Å². The molecule has 0 N–H and O–H groups in total. The molecule has 30 heavy (non-hydrogen) atoms. The number of hydrogen-bond acceptors (Lipinski definition) is 1. The topological polar surface area (TPSA) is 20.3 Å². The number of nitrogens with zero attached hydrogens (tertiary/aromatic N) is 1. The summed E-state index contributed by atoms with van der Waals surface area (Å²) in [4.78, 5) is 14.2. The van der Waals surface area contributed by atoms with E-state index < -0.39 is 0 Å². The Morgan fingerprint density at radius 1 is 0.833 bits per heavy atom. The molecule has 3 aromatic rings. The molecule has 3 aromatic carbocycles. The van der Waals surface area contributed by atoms with Gasteiger partial charge in [-0.05, 0) is 59.6 Å². The van der Waals surface area contributed by atoms with E-state index in [0.29, 0.717) is 18.4 Å². The zero-order chi connectivity index (χ0) is 20.9. The lowest BCUT2D eigenvalue weighted by Gasteiger charge is -2.50. The van der Waals surface area contributed by atoms with Gasteiger partial charge in [0.1, 0.15) is 0 Å². The second-order valence-electron chi connectivity index (χ2n) is 9.29. The summed E-state index contributed by atoms with van der Waals surface area (Å²) in [6, 6.07) is 24.9. The number of fused-ring (bicyclic) bond motifs is 3. The maximum Gasteiger partial charge on any atom is 0.222 e. The van der Waals surface area contributed by atoms with Gasteiger partial charge in [-0.3, -0.25) is 4.79 Å². The maximum atomic E-state index is 12.2. The molecule has 152 valence electrons. The van der Waals surface area contributed by atoms with Gasteiger partial charge in [0, 0.05) is 24.9 Å². The SMILES string of the molecule is Cc1ccc(-c2ccc(-c3ccc4c(c3)CCC3N(C)C(=O)CC[C@]43C)cc2)cc1. The fraction of sp³-hybridized carbons (Fsp3) is 0.321. The zero-order valence-electron chi connectivity index (χ0n) is 18.1. The Hall–Kier alpha value is -2.87. The van der Waals surface area contributed by atoms with E-state index in [1.54, 1.807) is 0 Å². The molecule has 1 saturated heterocycles. The van der Waals surface area contributed by atoms with Gasteiger partial charge in [0.05, 0.1) is 0 Å². The first-order valence-corrected chi connectivity index (χ1v) is 11.0. The average molecular weight is 396 g/mol. The Morgan fingerprint density at radius 3 is 2.07 bits per heavy atom. The lowest BCUT2D eigenvalue weighted by molar-refractivity contribution is -0.138. The third kappa shape index (κ3) is 3.06. The predicted molar refractivity (Wildman–Crippen MR) is 124 cm³/mol. The van der Waals surface area contributed by atoms with E-state index in [0.717, 1.165) is 19.3 Å². The number of carbonyl (C=O) groups is 1. The number of likely N-dealkylation sites (tertiary alicyclic amines) is 1. The quantitative estimate of drug-likeness (QED) is 0.509. The van der Waals surface area contributed by atoms with E-state index in [-0.39, 0.29) is 5.41 Å². The van der Waals surface area contributed by atoms with Crippen molar-refractivity contribution in [1.29, 1.82) is 0 Å². The highest BCUT2D eigenvalue weighted by Gasteiger charge is 2.46. The van der Waals surface area contributed by atoms with Gasteiger partial charge in [-0.25, -0.2) is 0 Å². The summed E-state index contributed by atoms with van der Waals surface area (Å²) in [5.74, 6) is 0.297. The summed E-state index contributed by atoms with van der Waals surface area (Å²) < 4.78 is 0. The number of benzene rings is 3. The summed E-state index contributed by atoms with van der Waals surface area (Å²) in [5.41, 5.74) is 9.31. The predicted octanol–water partition coefficient (Wildman–Crippen LogP) is 6.15. The average Bonchev–Trinajstić information content (AvgIpc) is 2.77. The van der Waals surface area contributed by atoms with Crippen LogP contribution in [-0.4, -0.2) is 23.9 Å². The first-order valence-electron chi connectivity index (χ1n) is 11.0. The fourth-order valence-electron chi connectivity index (χ4n) is 5.57. The van der Waals surface area contributed by atoms with Crippen LogP contribution in [-0.2, 0) is 16.6 Å². The van der Waals surface area contributed by atoms with Gasteiger partial charge in [0.15, 0.2) is 0 Å². The van der Waals surface area contributed by atoms with Crippen LogP contribution < -0.4 is 0 Å². The van der Waals surface area contributed by atoms with Crippen molar-refractivity contribution in [2.45, 2.75) is 51.0 Å². The van der Waals surface area contributed by atoms with Gasteiger partial charge in [0.2, 0.25) is 5.91 Å². The van der Waals surface area contributed by atoms with Crippen LogP contribution in [0.4, 0.5) is 0 Å². The summed E-state index contributed by atoms with van der Waals surface area (Å²) in [6.45, 7) is 4.48. The van der Waals surface area contributed by atoms with Crippen LogP contribution in [0.5, 0.6) is 0 Å². The standard InChI is InChI=1S/C28H29NO/c1-19-4-6-20(7-5-19)21-8-10-22(11-9-21)23-12-14-25-24(18-23)13-15-26-28(25,2)17-16-27(30)29(26)3/h4-12,14,18,26H,13,15-17H2,1-3H3/t26?,28-/m1/s1. The molecule has 1 fully saturated rings. The van der Waals surface area contributed by atoms with E-state index in [2.05, 4.69) is 80.6 Å².